The van der Waals surface area contributed by atoms with Gasteiger partial charge in [-0.1, -0.05) is 53.0 Å². The Kier molecular flexibility index (Phi) is 14.8. The van der Waals surface area contributed by atoms with Gasteiger partial charge in [0.25, 0.3) is 0 Å². The molecule has 1 aliphatic carbocycles. The van der Waals surface area contributed by atoms with E-state index in [0.717, 1.165) is 44.9 Å². The van der Waals surface area contributed by atoms with Crippen molar-refractivity contribution in [1.82, 2.24) is 0 Å². The Bertz CT molecular complexity index is 1040. The Morgan fingerprint density at radius 3 is 1.90 bits per heavy atom. The quantitative estimate of drug-likeness (QED) is 0.189. The van der Waals surface area contributed by atoms with Crippen LogP contribution in [0.4, 0.5) is 4.79 Å². The normalized spacial score (nSPS) is 17.2. The Morgan fingerprint density at radius 1 is 0.786 bits per heavy atom. The van der Waals surface area contributed by atoms with Crippen molar-refractivity contribution in [2.75, 3.05) is 0 Å². The summed E-state index contributed by atoms with van der Waals surface area (Å²) in [6.45, 7) is 10.7. The second-order valence-electron chi connectivity index (χ2n) is 11.4. The van der Waals surface area contributed by atoms with E-state index >= 15 is 0 Å². The van der Waals surface area contributed by atoms with E-state index < -0.39 is 42.3 Å². The molecule has 5 atom stereocenters. The van der Waals surface area contributed by atoms with E-state index in [2.05, 4.69) is 0 Å². The van der Waals surface area contributed by atoms with Gasteiger partial charge in [-0.05, 0) is 76.5 Å². The monoisotopic (exact) mass is 591 g/mol. The molecule has 1 fully saturated rings. The largest absolute Gasteiger partial charge is 0.508 e. The molecule has 236 valence electrons. The summed E-state index contributed by atoms with van der Waals surface area (Å²) in [5, 5.41) is 0. The molecule has 0 aliphatic heterocycles. The SMILES string of the molecule is CCCC(C)C(=O)Oc1ccc(C[C@H](N)C(=O)O[C@@H](C)C(C)OC(=O)OC2CCCCC2)cc1OC(=O)C(C)CCC. The van der Waals surface area contributed by atoms with Crippen LogP contribution in [0.3, 0.4) is 0 Å². The van der Waals surface area contributed by atoms with Crippen LogP contribution in [0.2, 0.25) is 0 Å². The maximum Gasteiger partial charge on any atom is 0.508 e. The predicted octanol–water partition coefficient (Wildman–Crippen LogP) is 6.05. The molecule has 42 heavy (non-hydrogen) atoms. The highest BCUT2D eigenvalue weighted by atomic mass is 16.7. The first-order valence-electron chi connectivity index (χ1n) is 15.3. The molecule has 0 bridgehead atoms. The fourth-order valence-corrected chi connectivity index (χ4v) is 4.66. The van der Waals surface area contributed by atoms with Crippen LogP contribution in [0.15, 0.2) is 18.2 Å². The summed E-state index contributed by atoms with van der Waals surface area (Å²) in [4.78, 5) is 50.2. The van der Waals surface area contributed by atoms with Crippen molar-refractivity contribution in [3.05, 3.63) is 23.8 Å². The Balaban J connectivity index is 2.03. The molecule has 1 aromatic carbocycles. The highest BCUT2D eigenvalue weighted by Gasteiger charge is 2.27. The molecule has 10 heteroatoms. The smallest absolute Gasteiger partial charge is 0.458 e. The van der Waals surface area contributed by atoms with Gasteiger partial charge < -0.3 is 29.4 Å². The average Bonchev–Trinajstić information content (AvgIpc) is 2.94. The van der Waals surface area contributed by atoms with Gasteiger partial charge in [0.15, 0.2) is 11.5 Å². The molecule has 0 saturated heterocycles. The minimum atomic E-state index is -1.05. The van der Waals surface area contributed by atoms with Crippen LogP contribution >= 0.6 is 0 Å². The molecule has 2 N–H and O–H groups in total. The molecular weight excluding hydrogens is 542 g/mol. The Hall–Kier alpha value is -3.14. The predicted molar refractivity (Wildman–Crippen MR) is 157 cm³/mol. The zero-order valence-corrected chi connectivity index (χ0v) is 26.0. The third-order valence-electron chi connectivity index (χ3n) is 7.50. The number of carbonyl (C=O) groups excluding carboxylic acids is 4. The van der Waals surface area contributed by atoms with Gasteiger partial charge in [-0.2, -0.15) is 0 Å². The average molecular weight is 592 g/mol. The highest BCUT2D eigenvalue weighted by molar-refractivity contribution is 5.79. The van der Waals surface area contributed by atoms with Gasteiger partial charge in [-0.3, -0.25) is 14.4 Å². The molecule has 0 amide bonds. The molecule has 1 aliphatic rings. The number of rotatable bonds is 15. The van der Waals surface area contributed by atoms with E-state index in [1.165, 1.54) is 6.07 Å². The minimum Gasteiger partial charge on any atom is -0.458 e. The molecule has 1 aromatic rings. The number of hydrogen-bond donors (Lipinski definition) is 1. The van der Waals surface area contributed by atoms with Crippen molar-refractivity contribution >= 4 is 24.1 Å². The number of benzene rings is 1. The first-order valence-corrected chi connectivity index (χ1v) is 15.3. The molecule has 0 aromatic heterocycles. The minimum absolute atomic E-state index is 0.0695. The van der Waals surface area contributed by atoms with Crippen LogP contribution in [-0.2, 0) is 35.0 Å². The molecule has 10 nitrogen and oxygen atoms in total. The lowest BCUT2D eigenvalue weighted by molar-refractivity contribution is -0.156. The first-order chi connectivity index (χ1) is 19.9. The molecule has 0 spiro atoms. The highest BCUT2D eigenvalue weighted by Crippen LogP contribution is 2.31. The molecule has 3 unspecified atom stereocenters. The van der Waals surface area contributed by atoms with Crippen molar-refractivity contribution in [1.29, 1.82) is 0 Å². The van der Waals surface area contributed by atoms with Gasteiger partial charge in [0, 0.05) is 0 Å². The van der Waals surface area contributed by atoms with Gasteiger partial charge in [0.1, 0.15) is 24.4 Å². The zero-order chi connectivity index (χ0) is 31.2. The summed E-state index contributed by atoms with van der Waals surface area (Å²) in [5.74, 6) is -1.99. The van der Waals surface area contributed by atoms with E-state index in [0.29, 0.717) is 18.4 Å². The van der Waals surface area contributed by atoms with E-state index in [9.17, 15) is 19.2 Å². The molecule has 2 rings (SSSR count). The van der Waals surface area contributed by atoms with Crippen LogP contribution in [0.25, 0.3) is 0 Å². The van der Waals surface area contributed by atoms with Crippen LogP contribution in [0.5, 0.6) is 11.5 Å². The fraction of sp³-hybridized carbons (Fsp3) is 0.688. The van der Waals surface area contributed by atoms with Crippen molar-refractivity contribution in [3.63, 3.8) is 0 Å². The molecule has 1 saturated carbocycles. The van der Waals surface area contributed by atoms with Crippen molar-refractivity contribution in [3.8, 4) is 11.5 Å². The third kappa shape index (κ3) is 11.6. The summed E-state index contributed by atoms with van der Waals surface area (Å²) in [7, 11) is 0. The lowest BCUT2D eigenvalue weighted by atomic mass is 9.98. The summed E-state index contributed by atoms with van der Waals surface area (Å²) in [5.41, 5.74) is 6.74. The van der Waals surface area contributed by atoms with E-state index in [4.69, 9.17) is 29.4 Å². The van der Waals surface area contributed by atoms with Crippen molar-refractivity contribution < 1.29 is 42.9 Å². The number of carbonyl (C=O) groups is 4. The van der Waals surface area contributed by atoms with Crippen LogP contribution in [-0.4, -0.2) is 48.4 Å². The van der Waals surface area contributed by atoms with E-state index in [1.807, 2.05) is 13.8 Å². The topological polar surface area (TPSA) is 140 Å². The summed E-state index contributed by atoms with van der Waals surface area (Å²) in [6.07, 6.45) is 5.44. The number of esters is 3. The van der Waals surface area contributed by atoms with Crippen molar-refractivity contribution in [2.45, 2.75) is 130 Å². The summed E-state index contributed by atoms with van der Waals surface area (Å²) >= 11 is 0. The molecule has 0 heterocycles. The molecular formula is C32H49NO9. The van der Waals surface area contributed by atoms with E-state index in [-0.39, 0.29) is 35.9 Å². The van der Waals surface area contributed by atoms with Gasteiger partial charge in [0.05, 0.1) is 11.8 Å². The van der Waals surface area contributed by atoms with Gasteiger partial charge in [0.2, 0.25) is 0 Å². The molecule has 0 radical (unpaired) electrons. The van der Waals surface area contributed by atoms with Gasteiger partial charge in [-0.15, -0.1) is 0 Å². The summed E-state index contributed by atoms with van der Waals surface area (Å²) in [6, 6.07) is 3.69. The summed E-state index contributed by atoms with van der Waals surface area (Å²) < 4.78 is 27.4. The van der Waals surface area contributed by atoms with Gasteiger partial charge >= 0.3 is 24.1 Å². The third-order valence-corrected chi connectivity index (χ3v) is 7.50. The van der Waals surface area contributed by atoms with E-state index in [1.54, 1.807) is 39.8 Å². The van der Waals surface area contributed by atoms with Crippen LogP contribution < -0.4 is 15.2 Å². The standard InChI is InChI=1S/C32H49NO9/c1-7-12-20(3)29(34)41-27-17-16-24(19-28(27)42-30(35)21(4)13-8-2)18-26(33)31(36)38-22(5)23(6)39-32(37)40-25-14-10-9-11-15-25/h16-17,19-23,25-26H,7-15,18,33H2,1-6H3/t20?,21?,22-,23?,26-/m0/s1. The number of nitrogens with two attached hydrogens (primary N) is 1. The first kappa shape index (κ1) is 35.1. The maximum absolute atomic E-state index is 12.8. The second kappa shape index (κ2) is 17.7. The Morgan fingerprint density at radius 2 is 1.33 bits per heavy atom. The maximum atomic E-state index is 12.8. The Labute approximate surface area is 249 Å². The zero-order valence-electron chi connectivity index (χ0n) is 26.0. The number of hydrogen-bond acceptors (Lipinski definition) is 10. The fourth-order valence-electron chi connectivity index (χ4n) is 4.66. The van der Waals surface area contributed by atoms with Crippen LogP contribution in [0.1, 0.15) is 105 Å². The van der Waals surface area contributed by atoms with Gasteiger partial charge in [-0.25, -0.2) is 4.79 Å². The number of ether oxygens (including phenoxy) is 5. The lowest BCUT2D eigenvalue weighted by Gasteiger charge is -2.25. The lowest BCUT2D eigenvalue weighted by Crippen LogP contribution is -2.39. The van der Waals surface area contributed by atoms with Crippen molar-refractivity contribution in [2.24, 2.45) is 17.6 Å². The van der Waals surface area contributed by atoms with Crippen LogP contribution in [0, 0.1) is 11.8 Å². The second-order valence-corrected chi connectivity index (χ2v) is 11.4.